The largest absolute Gasteiger partial charge is 0.312 e. The van der Waals surface area contributed by atoms with Gasteiger partial charge in [-0.05, 0) is 47.6 Å². The minimum atomic E-state index is -0.244. The van der Waals surface area contributed by atoms with Crippen molar-refractivity contribution in [2.45, 2.75) is 20.4 Å². The Morgan fingerprint density at radius 1 is 1.44 bits per heavy atom. The van der Waals surface area contributed by atoms with Crippen LogP contribution in [-0.2, 0) is 6.54 Å². The average Bonchev–Trinajstić information content (AvgIpc) is 2.68. The van der Waals surface area contributed by atoms with Gasteiger partial charge in [0.05, 0.1) is 5.69 Å². The number of benzene rings is 1. The first-order valence-corrected chi connectivity index (χ1v) is 7.35. The van der Waals surface area contributed by atoms with E-state index in [1.807, 2.05) is 6.92 Å². The van der Waals surface area contributed by atoms with Crippen LogP contribution in [0.2, 0.25) is 0 Å². The summed E-state index contributed by atoms with van der Waals surface area (Å²) in [6.07, 6.45) is 0. The van der Waals surface area contributed by atoms with Gasteiger partial charge in [0.2, 0.25) is 0 Å². The number of aromatic nitrogens is 1. The van der Waals surface area contributed by atoms with Gasteiger partial charge >= 0.3 is 0 Å². The molecule has 1 aromatic heterocycles. The van der Waals surface area contributed by atoms with E-state index in [2.05, 4.69) is 33.2 Å². The molecule has 1 heterocycles. The van der Waals surface area contributed by atoms with E-state index < -0.39 is 0 Å². The minimum Gasteiger partial charge on any atom is -0.312 e. The number of halogens is 2. The van der Waals surface area contributed by atoms with Gasteiger partial charge in [0.25, 0.3) is 0 Å². The molecular weight excluding hydrogens is 315 g/mol. The molecule has 0 aliphatic carbocycles. The van der Waals surface area contributed by atoms with Crippen LogP contribution in [0.25, 0.3) is 10.6 Å². The second-order valence-corrected chi connectivity index (χ2v) is 5.87. The first-order valence-electron chi connectivity index (χ1n) is 5.74. The third kappa shape index (κ3) is 2.96. The van der Waals surface area contributed by atoms with Crippen LogP contribution >= 0.6 is 27.3 Å². The van der Waals surface area contributed by atoms with E-state index >= 15 is 0 Å². The molecule has 0 saturated carbocycles. The van der Waals surface area contributed by atoms with Crippen LogP contribution in [0.3, 0.4) is 0 Å². The molecule has 0 aliphatic heterocycles. The van der Waals surface area contributed by atoms with Crippen molar-refractivity contribution in [3.05, 3.63) is 39.1 Å². The quantitative estimate of drug-likeness (QED) is 0.912. The maximum absolute atomic E-state index is 13.1. The van der Waals surface area contributed by atoms with E-state index in [0.717, 1.165) is 33.8 Å². The molecule has 0 fully saturated rings. The zero-order valence-corrected chi connectivity index (χ0v) is 12.7. The zero-order valence-electron chi connectivity index (χ0n) is 10.3. The summed E-state index contributed by atoms with van der Waals surface area (Å²) >= 11 is 5.03. The van der Waals surface area contributed by atoms with E-state index in [1.165, 1.54) is 17.0 Å². The summed E-state index contributed by atoms with van der Waals surface area (Å²) in [5, 5.41) is 4.22. The number of aryl methyl sites for hydroxylation is 1. The number of hydrogen-bond acceptors (Lipinski definition) is 3. The SMILES string of the molecule is CCNCc1sc(-c2ccc(F)cc2Br)nc1C. The fourth-order valence-corrected chi connectivity index (χ4v) is 3.35. The summed E-state index contributed by atoms with van der Waals surface area (Å²) in [6.45, 7) is 5.85. The highest BCUT2D eigenvalue weighted by Crippen LogP contribution is 2.33. The molecule has 0 aliphatic rings. The topological polar surface area (TPSA) is 24.9 Å². The Labute approximate surface area is 118 Å². The minimum absolute atomic E-state index is 0.244. The van der Waals surface area contributed by atoms with Crippen LogP contribution in [0.5, 0.6) is 0 Å². The maximum Gasteiger partial charge on any atom is 0.125 e. The number of hydrogen-bond donors (Lipinski definition) is 1. The van der Waals surface area contributed by atoms with Crippen molar-refractivity contribution in [3.8, 4) is 10.6 Å². The van der Waals surface area contributed by atoms with Gasteiger partial charge in [0, 0.05) is 21.5 Å². The lowest BCUT2D eigenvalue weighted by molar-refractivity contribution is 0.627. The lowest BCUT2D eigenvalue weighted by Crippen LogP contribution is -2.11. The van der Waals surface area contributed by atoms with E-state index in [1.54, 1.807) is 17.4 Å². The monoisotopic (exact) mass is 328 g/mol. The van der Waals surface area contributed by atoms with Crippen molar-refractivity contribution in [2.75, 3.05) is 6.54 Å². The Kier molecular flexibility index (Phi) is 4.48. The van der Waals surface area contributed by atoms with Crippen LogP contribution in [0.15, 0.2) is 22.7 Å². The van der Waals surface area contributed by atoms with Crippen LogP contribution in [0, 0.1) is 12.7 Å². The highest BCUT2D eigenvalue weighted by molar-refractivity contribution is 9.10. The number of nitrogens with zero attached hydrogens (tertiary/aromatic N) is 1. The van der Waals surface area contributed by atoms with Crippen LogP contribution in [0.1, 0.15) is 17.5 Å². The molecule has 2 aromatic rings. The predicted octanol–water partition coefficient (Wildman–Crippen LogP) is 4.13. The van der Waals surface area contributed by atoms with Gasteiger partial charge in [-0.15, -0.1) is 11.3 Å². The number of nitrogens with one attached hydrogen (secondary N) is 1. The normalized spacial score (nSPS) is 10.9. The van der Waals surface area contributed by atoms with Crippen molar-refractivity contribution < 1.29 is 4.39 Å². The Morgan fingerprint density at radius 2 is 2.22 bits per heavy atom. The van der Waals surface area contributed by atoms with Crippen molar-refractivity contribution in [2.24, 2.45) is 0 Å². The van der Waals surface area contributed by atoms with E-state index in [-0.39, 0.29) is 5.82 Å². The number of thiazole rings is 1. The molecule has 1 N–H and O–H groups in total. The molecule has 0 radical (unpaired) electrons. The standard InChI is InChI=1S/C13H14BrFN2S/c1-3-16-7-12-8(2)17-13(18-12)10-5-4-9(15)6-11(10)14/h4-6,16H,3,7H2,1-2H3. The number of rotatable bonds is 4. The third-order valence-electron chi connectivity index (χ3n) is 2.59. The Bertz CT molecular complexity index is 554. The predicted molar refractivity (Wildman–Crippen MR) is 77.3 cm³/mol. The lowest BCUT2D eigenvalue weighted by atomic mass is 10.2. The Morgan fingerprint density at radius 3 is 2.89 bits per heavy atom. The van der Waals surface area contributed by atoms with E-state index in [4.69, 9.17) is 0 Å². The molecular formula is C13H14BrFN2S. The first-order chi connectivity index (χ1) is 8.61. The van der Waals surface area contributed by atoms with Crippen LogP contribution < -0.4 is 5.32 Å². The van der Waals surface area contributed by atoms with E-state index in [9.17, 15) is 4.39 Å². The molecule has 0 amide bonds. The van der Waals surface area contributed by atoms with Gasteiger partial charge < -0.3 is 5.32 Å². The molecule has 2 nitrogen and oxygen atoms in total. The fraction of sp³-hybridized carbons (Fsp3) is 0.308. The lowest BCUT2D eigenvalue weighted by Gasteiger charge is -2.00. The average molecular weight is 329 g/mol. The Hall–Kier alpha value is -0.780. The van der Waals surface area contributed by atoms with Gasteiger partial charge in [-0.2, -0.15) is 0 Å². The van der Waals surface area contributed by atoms with Crippen LogP contribution in [-0.4, -0.2) is 11.5 Å². The summed E-state index contributed by atoms with van der Waals surface area (Å²) in [5.41, 5.74) is 1.97. The van der Waals surface area contributed by atoms with Gasteiger partial charge in [0.1, 0.15) is 10.8 Å². The summed E-state index contributed by atoms with van der Waals surface area (Å²) in [4.78, 5) is 5.78. The summed E-state index contributed by atoms with van der Waals surface area (Å²) in [7, 11) is 0. The molecule has 5 heteroatoms. The first kappa shape index (κ1) is 13.6. The second kappa shape index (κ2) is 5.91. The van der Waals surface area contributed by atoms with Crippen molar-refractivity contribution >= 4 is 27.3 Å². The zero-order chi connectivity index (χ0) is 13.1. The molecule has 18 heavy (non-hydrogen) atoms. The molecule has 1 aromatic carbocycles. The second-order valence-electron chi connectivity index (χ2n) is 3.93. The molecule has 0 unspecified atom stereocenters. The van der Waals surface area contributed by atoms with Gasteiger partial charge in [0.15, 0.2) is 0 Å². The van der Waals surface area contributed by atoms with Crippen molar-refractivity contribution in [1.82, 2.24) is 10.3 Å². The highest BCUT2D eigenvalue weighted by Gasteiger charge is 2.12. The smallest absolute Gasteiger partial charge is 0.125 e. The summed E-state index contributed by atoms with van der Waals surface area (Å²) < 4.78 is 13.8. The highest BCUT2D eigenvalue weighted by atomic mass is 79.9. The molecule has 0 saturated heterocycles. The van der Waals surface area contributed by atoms with Gasteiger partial charge in [-0.3, -0.25) is 0 Å². The van der Waals surface area contributed by atoms with Gasteiger partial charge in [-0.25, -0.2) is 9.37 Å². The van der Waals surface area contributed by atoms with Crippen molar-refractivity contribution in [3.63, 3.8) is 0 Å². The van der Waals surface area contributed by atoms with E-state index in [0.29, 0.717) is 0 Å². The summed E-state index contributed by atoms with van der Waals surface area (Å²) in [6, 6.07) is 4.69. The molecule has 0 atom stereocenters. The van der Waals surface area contributed by atoms with Crippen LogP contribution in [0.4, 0.5) is 4.39 Å². The molecule has 96 valence electrons. The summed E-state index contributed by atoms with van der Waals surface area (Å²) in [5.74, 6) is -0.244. The molecule has 2 rings (SSSR count). The third-order valence-corrected chi connectivity index (χ3v) is 4.44. The van der Waals surface area contributed by atoms with Crippen molar-refractivity contribution in [1.29, 1.82) is 0 Å². The van der Waals surface area contributed by atoms with Gasteiger partial charge in [-0.1, -0.05) is 6.92 Å². The molecule has 0 spiro atoms. The Balaban J connectivity index is 2.33. The fourth-order valence-electron chi connectivity index (χ4n) is 1.61. The molecule has 0 bridgehead atoms. The maximum atomic E-state index is 13.1.